The fourth-order valence-electron chi connectivity index (χ4n) is 3.51. The van der Waals surface area contributed by atoms with E-state index in [-0.39, 0.29) is 23.8 Å². The van der Waals surface area contributed by atoms with E-state index in [1.54, 1.807) is 0 Å². The molecule has 0 saturated heterocycles. The Balaban J connectivity index is 1.50. The van der Waals surface area contributed by atoms with Crippen LogP contribution in [0.3, 0.4) is 0 Å². The maximum Gasteiger partial charge on any atom is 0.223 e. The highest BCUT2D eigenvalue weighted by atomic mass is 16.2. The molecule has 0 aromatic heterocycles. The molecule has 1 fully saturated rings. The molecule has 1 saturated carbocycles. The van der Waals surface area contributed by atoms with Gasteiger partial charge in [0.25, 0.3) is 0 Å². The first-order valence-electron chi connectivity index (χ1n) is 8.71. The average molecular weight is 314 g/mol. The molecule has 0 spiro atoms. The van der Waals surface area contributed by atoms with Crippen molar-refractivity contribution in [2.24, 2.45) is 17.8 Å². The van der Waals surface area contributed by atoms with Crippen LogP contribution >= 0.6 is 0 Å². The highest BCUT2D eigenvalue weighted by molar-refractivity contribution is 5.82. The summed E-state index contributed by atoms with van der Waals surface area (Å²) in [6.07, 6.45) is 3.50. The number of nitrogens with one attached hydrogen (secondary N) is 2. The fourth-order valence-corrected chi connectivity index (χ4v) is 3.51. The van der Waals surface area contributed by atoms with Crippen molar-refractivity contribution in [1.29, 1.82) is 0 Å². The standard InChI is InChI=1S/C19H26N2O2/c1-12-7-8-14-5-3-4-6-15(14)18(12)21-17(22)9-10-20-19(23)16-11-13(16)2/h3-6,12-13,16,18H,7-11H2,1-2H3,(H,20,23)(H,21,22)/t12-,13-,16+,18-/m1/s1. The van der Waals surface area contributed by atoms with Gasteiger partial charge in [0.1, 0.15) is 0 Å². The molecule has 23 heavy (non-hydrogen) atoms. The van der Waals surface area contributed by atoms with Gasteiger partial charge in [0.15, 0.2) is 0 Å². The number of fused-ring (bicyclic) bond motifs is 1. The van der Waals surface area contributed by atoms with Crippen LogP contribution < -0.4 is 10.6 Å². The van der Waals surface area contributed by atoms with Gasteiger partial charge in [-0.2, -0.15) is 0 Å². The number of carbonyl (C=O) groups is 2. The number of rotatable bonds is 5. The second-order valence-corrected chi connectivity index (χ2v) is 7.12. The summed E-state index contributed by atoms with van der Waals surface area (Å²) in [5.41, 5.74) is 2.59. The Hall–Kier alpha value is -1.84. The molecule has 4 heteroatoms. The molecule has 2 N–H and O–H groups in total. The second-order valence-electron chi connectivity index (χ2n) is 7.12. The van der Waals surface area contributed by atoms with Crippen molar-refractivity contribution in [3.05, 3.63) is 35.4 Å². The third-order valence-corrected chi connectivity index (χ3v) is 5.24. The normalized spacial score (nSPS) is 28.6. The molecule has 4 atom stereocenters. The van der Waals surface area contributed by atoms with Gasteiger partial charge in [-0.1, -0.05) is 38.1 Å². The molecule has 1 aromatic rings. The molecule has 2 amide bonds. The summed E-state index contributed by atoms with van der Waals surface area (Å²) < 4.78 is 0. The predicted molar refractivity (Wildman–Crippen MR) is 89.7 cm³/mol. The van der Waals surface area contributed by atoms with Crippen LogP contribution in [0.5, 0.6) is 0 Å². The Morgan fingerprint density at radius 1 is 1.17 bits per heavy atom. The van der Waals surface area contributed by atoms with E-state index in [1.807, 2.05) is 6.07 Å². The number of hydrogen-bond acceptors (Lipinski definition) is 2. The zero-order valence-corrected chi connectivity index (χ0v) is 14.0. The number of benzene rings is 1. The SMILES string of the molecule is C[C@@H]1C[C@@H]1C(=O)NCCC(=O)N[C@H]1c2ccccc2CC[C@H]1C. The van der Waals surface area contributed by atoms with Gasteiger partial charge >= 0.3 is 0 Å². The zero-order chi connectivity index (χ0) is 16.4. The molecule has 124 valence electrons. The first-order chi connectivity index (χ1) is 11.1. The van der Waals surface area contributed by atoms with Crippen LogP contribution in [0.25, 0.3) is 0 Å². The minimum atomic E-state index is 0.0164. The van der Waals surface area contributed by atoms with E-state index in [1.165, 1.54) is 11.1 Å². The van der Waals surface area contributed by atoms with Gasteiger partial charge in [-0.05, 0) is 42.2 Å². The average Bonchev–Trinajstić information content (AvgIpc) is 3.27. The molecule has 0 unspecified atom stereocenters. The summed E-state index contributed by atoms with van der Waals surface area (Å²) in [4.78, 5) is 24.0. The monoisotopic (exact) mass is 314 g/mol. The third kappa shape index (κ3) is 3.74. The van der Waals surface area contributed by atoms with Crippen molar-refractivity contribution >= 4 is 11.8 Å². The highest BCUT2D eigenvalue weighted by Gasteiger charge is 2.38. The van der Waals surface area contributed by atoms with Gasteiger partial charge < -0.3 is 10.6 Å². The second kappa shape index (κ2) is 6.73. The van der Waals surface area contributed by atoms with Crippen LogP contribution in [0, 0.1) is 17.8 Å². The van der Waals surface area contributed by atoms with Crippen LogP contribution in [0.1, 0.15) is 50.3 Å². The van der Waals surface area contributed by atoms with Crippen molar-refractivity contribution in [1.82, 2.24) is 10.6 Å². The molecule has 3 rings (SSSR count). The van der Waals surface area contributed by atoms with Crippen molar-refractivity contribution in [2.45, 2.75) is 45.6 Å². The van der Waals surface area contributed by atoms with E-state index in [9.17, 15) is 9.59 Å². The molecular formula is C19H26N2O2. The van der Waals surface area contributed by atoms with Gasteiger partial charge in [-0.15, -0.1) is 0 Å². The minimum Gasteiger partial charge on any atom is -0.355 e. The van der Waals surface area contributed by atoms with Gasteiger partial charge in [-0.25, -0.2) is 0 Å². The summed E-state index contributed by atoms with van der Waals surface area (Å²) in [5.74, 6) is 1.23. The van der Waals surface area contributed by atoms with Crippen molar-refractivity contribution in [2.75, 3.05) is 6.54 Å². The summed E-state index contributed by atoms with van der Waals surface area (Å²) in [7, 11) is 0. The lowest BCUT2D eigenvalue weighted by molar-refractivity contribution is -0.123. The Bertz CT molecular complexity index is 599. The van der Waals surface area contributed by atoms with Crippen LogP contribution in [-0.2, 0) is 16.0 Å². The molecule has 0 radical (unpaired) electrons. The van der Waals surface area contributed by atoms with E-state index in [0.717, 1.165) is 19.3 Å². The van der Waals surface area contributed by atoms with E-state index in [0.29, 0.717) is 24.8 Å². The largest absolute Gasteiger partial charge is 0.355 e. The smallest absolute Gasteiger partial charge is 0.223 e. The molecule has 2 aliphatic carbocycles. The first-order valence-corrected chi connectivity index (χ1v) is 8.71. The maximum absolute atomic E-state index is 12.2. The Morgan fingerprint density at radius 3 is 2.65 bits per heavy atom. The van der Waals surface area contributed by atoms with Gasteiger partial charge in [-0.3, -0.25) is 9.59 Å². The lowest BCUT2D eigenvalue weighted by atomic mass is 9.80. The summed E-state index contributed by atoms with van der Waals surface area (Å²) >= 11 is 0. The van der Waals surface area contributed by atoms with Gasteiger partial charge in [0.2, 0.25) is 11.8 Å². The zero-order valence-electron chi connectivity index (χ0n) is 14.0. The minimum absolute atomic E-state index is 0.0164. The molecule has 0 bridgehead atoms. The third-order valence-electron chi connectivity index (χ3n) is 5.24. The molecule has 0 aliphatic heterocycles. The quantitative estimate of drug-likeness (QED) is 0.877. The summed E-state index contributed by atoms with van der Waals surface area (Å²) in [6.45, 7) is 4.70. The maximum atomic E-state index is 12.2. The number of aryl methyl sites for hydroxylation is 1. The highest BCUT2D eigenvalue weighted by Crippen LogP contribution is 2.37. The van der Waals surface area contributed by atoms with Crippen LogP contribution in [0.15, 0.2) is 24.3 Å². The number of hydrogen-bond donors (Lipinski definition) is 2. The van der Waals surface area contributed by atoms with Crippen LogP contribution in [0.2, 0.25) is 0 Å². The predicted octanol–water partition coefficient (Wildman–Crippen LogP) is 2.59. The fraction of sp³-hybridized carbons (Fsp3) is 0.579. The Morgan fingerprint density at radius 2 is 1.91 bits per heavy atom. The molecule has 4 nitrogen and oxygen atoms in total. The van der Waals surface area contributed by atoms with Gasteiger partial charge in [0, 0.05) is 18.9 Å². The lowest BCUT2D eigenvalue weighted by Crippen LogP contribution is -2.37. The summed E-state index contributed by atoms with van der Waals surface area (Å²) in [6, 6.07) is 8.45. The topological polar surface area (TPSA) is 58.2 Å². The Kier molecular flexibility index (Phi) is 4.69. The number of amides is 2. The van der Waals surface area contributed by atoms with Crippen LogP contribution in [-0.4, -0.2) is 18.4 Å². The first kappa shape index (κ1) is 16.0. The van der Waals surface area contributed by atoms with Crippen molar-refractivity contribution in [3.63, 3.8) is 0 Å². The van der Waals surface area contributed by atoms with Gasteiger partial charge in [0.05, 0.1) is 6.04 Å². The van der Waals surface area contributed by atoms with Crippen molar-refractivity contribution < 1.29 is 9.59 Å². The number of carbonyl (C=O) groups excluding carboxylic acids is 2. The summed E-state index contributed by atoms with van der Waals surface area (Å²) in [5, 5.41) is 6.04. The van der Waals surface area contributed by atoms with E-state index in [4.69, 9.17) is 0 Å². The van der Waals surface area contributed by atoms with E-state index < -0.39 is 0 Å². The van der Waals surface area contributed by atoms with Crippen molar-refractivity contribution in [3.8, 4) is 0 Å². The lowest BCUT2D eigenvalue weighted by Gasteiger charge is -2.32. The van der Waals surface area contributed by atoms with E-state index >= 15 is 0 Å². The Labute approximate surface area is 138 Å². The van der Waals surface area contributed by atoms with E-state index in [2.05, 4.69) is 42.7 Å². The molecule has 2 aliphatic rings. The van der Waals surface area contributed by atoms with Crippen LogP contribution in [0.4, 0.5) is 0 Å². The molecule has 0 heterocycles. The molecule has 1 aromatic carbocycles. The molecular weight excluding hydrogens is 288 g/mol.